The Morgan fingerprint density at radius 1 is 1.13 bits per heavy atom. The van der Waals surface area contributed by atoms with Gasteiger partial charge >= 0.3 is 5.97 Å². The average Bonchev–Trinajstić information content (AvgIpc) is 3.01. The van der Waals surface area contributed by atoms with Gasteiger partial charge in [-0.1, -0.05) is 43.2 Å². The molecule has 0 saturated heterocycles. The highest BCUT2D eigenvalue weighted by Gasteiger charge is 2.36. The van der Waals surface area contributed by atoms with Gasteiger partial charge in [0.05, 0.1) is 0 Å². The van der Waals surface area contributed by atoms with Crippen molar-refractivity contribution in [3.05, 3.63) is 64.1 Å². The third-order valence-electron chi connectivity index (χ3n) is 4.72. The lowest BCUT2D eigenvalue weighted by Gasteiger charge is -2.31. The number of pyridine rings is 1. The maximum Gasteiger partial charge on any atom is 0.341 e. The van der Waals surface area contributed by atoms with Crippen molar-refractivity contribution in [2.45, 2.75) is 37.6 Å². The highest BCUT2D eigenvalue weighted by molar-refractivity contribution is 5.87. The summed E-state index contributed by atoms with van der Waals surface area (Å²) in [7, 11) is 0. The lowest BCUT2D eigenvalue weighted by molar-refractivity contribution is 0.0693. The Morgan fingerprint density at radius 3 is 2.39 bits per heavy atom. The van der Waals surface area contributed by atoms with Crippen molar-refractivity contribution in [2.24, 2.45) is 0 Å². The zero-order chi connectivity index (χ0) is 16.4. The normalized spacial score (nSPS) is 16.3. The average molecular weight is 313 g/mol. The van der Waals surface area contributed by atoms with E-state index < -0.39 is 22.7 Å². The maximum absolute atomic E-state index is 11.7. The van der Waals surface area contributed by atoms with E-state index in [-0.39, 0.29) is 5.41 Å². The molecule has 120 valence electrons. The lowest BCUT2D eigenvalue weighted by Crippen LogP contribution is -2.29. The Bertz CT molecular complexity index is 773. The second-order valence-electron chi connectivity index (χ2n) is 6.22. The molecule has 0 aliphatic heterocycles. The minimum absolute atomic E-state index is 0.0848. The minimum atomic E-state index is -1.32. The van der Waals surface area contributed by atoms with Crippen molar-refractivity contribution in [1.29, 1.82) is 0 Å². The zero-order valence-electron chi connectivity index (χ0n) is 12.7. The van der Waals surface area contributed by atoms with Gasteiger partial charge in [-0.15, -0.1) is 0 Å². The molecular weight excluding hydrogens is 294 g/mol. The van der Waals surface area contributed by atoms with Gasteiger partial charge in [-0.3, -0.25) is 4.79 Å². The molecule has 0 atom stereocenters. The van der Waals surface area contributed by atoms with E-state index in [4.69, 9.17) is 5.11 Å². The molecule has 0 bridgehead atoms. The predicted molar refractivity (Wildman–Crippen MR) is 85.9 cm³/mol. The maximum atomic E-state index is 11.7. The quantitative estimate of drug-likeness (QED) is 0.909. The standard InChI is InChI=1S/C18H19NO4/c20-15-11-19(10-14(16(15)21)17(22)23)12-18(8-4-5-9-18)13-6-2-1-3-7-13/h1-3,6-7,10-11,20H,4-5,8-9,12H2,(H,22,23). The fourth-order valence-electron chi connectivity index (χ4n) is 3.59. The number of hydrogen-bond donors (Lipinski definition) is 2. The van der Waals surface area contributed by atoms with Crippen LogP contribution in [-0.2, 0) is 12.0 Å². The van der Waals surface area contributed by atoms with Crippen LogP contribution in [-0.4, -0.2) is 20.7 Å². The molecule has 3 rings (SSSR count). The third-order valence-corrected chi connectivity index (χ3v) is 4.72. The van der Waals surface area contributed by atoms with Gasteiger partial charge in [0.25, 0.3) is 0 Å². The monoisotopic (exact) mass is 313 g/mol. The molecule has 5 nitrogen and oxygen atoms in total. The summed E-state index contributed by atoms with van der Waals surface area (Å²) in [4.78, 5) is 22.9. The number of benzene rings is 1. The molecule has 2 aromatic rings. The first-order chi connectivity index (χ1) is 11.0. The summed E-state index contributed by atoms with van der Waals surface area (Å²) in [6.07, 6.45) is 6.91. The minimum Gasteiger partial charge on any atom is -0.503 e. The highest BCUT2D eigenvalue weighted by Crippen LogP contribution is 2.42. The number of carboxylic acid groups (broad SMARTS) is 1. The molecule has 0 unspecified atom stereocenters. The Hall–Kier alpha value is -2.56. The first-order valence-electron chi connectivity index (χ1n) is 7.74. The summed E-state index contributed by atoms with van der Waals surface area (Å²) in [5.74, 6) is -1.84. The first kappa shape index (κ1) is 15.3. The van der Waals surface area contributed by atoms with Crippen molar-refractivity contribution in [2.75, 3.05) is 0 Å². The molecule has 0 radical (unpaired) electrons. The number of aromatic nitrogens is 1. The van der Waals surface area contributed by atoms with Crippen molar-refractivity contribution in [3.63, 3.8) is 0 Å². The summed E-state index contributed by atoms with van der Waals surface area (Å²) in [5, 5.41) is 18.9. The van der Waals surface area contributed by atoms with Crippen molar-refractivity contribution < 1.29 is 15.0 Å². The van der Waals surface area contributed by atoms with E-state index in [9.17, 15) is 14.7 Å². The van der Waals surface area contributed by atoms with E-state index in [0.717, 1.165) is 25.7 Å². The third kappa shape index (κ3) is 2.86. The van der Waals surface area contributed by atoms with Gasteiger partial charge < -0.3 is 14.8 Å². The molecule has 1 aromatic carbocycles. The van der Waals surface area contributed by atoms with Crippen molar-refractivity contribution in [3.8, 4) is 5.75 Å². The Labute approximate surface area is 133 Å². The molecule has 1 heterocycles. The number of carbonyl (C=O) groups is 1. The Morgan fingerprint density at radius 2 is 1.78 bits per heavy atom. The summed E-state index contributed by atoms with van der Waals surface area (Å²) >= 11 is 0. The number of rotatable bonds is 4. The van der Waals surface area contributed by atoms with Gasteiger partial charge in [-0.25, -0.2) is 4.79 Å². The van der Waals surface area contributed by atoms with Gasteiger partial charge in [0.2, 0.25) is 5.43 Å². The topological polar surface area (TPSA) is 79.5 Å². The van der Waals surface area contributed by atoms with Crippen LogP contribution in [0.25, 0.3) is 0 Å². The molecule has 2 N–H and O–H groups in total. The molecule has 1 aliphatic carbocycles. The van der Waals surface area contributed by atoms with Crippen LogP contribution in [0.3, 0.4) is 0 Å². The lowest BCUT2D eigenvalue weighted by atomic mass is 9.78. The molecule has 1 fully saturated rings. The largest absolute Gasteiger partial charge is 0.503 e. The number of aromatic hydroxyl groups is 1. The van der Waals surface area contributed by atoms with E-state index in [2.05, 4.69) is 12.1 Å². The van der Waals surface area contributed by atoms with Gasteiger partial charge in [-0.2, -0.15) is 0 Å². The number of aromatic carboxylic acids is 1. The van der Waals surface area contributed by atoms with E-state index in [1.165, 1.54) is 18.0 Å². The van der Waals surface area contributed by atoms with E-state index in [0.29, 0.717) is 6.54 Å². The molecule has 1 saturated carbocycles. The fourth-order valence-corrected chi connectivity index (χ4v) is 3.59. The van der Waals surface area contributed by atoms with E-state index in [1.807, 2.05) is 18.2 Å². The van der Waals surface area contributed by atoms with Crippen LogP contribution in [0.4, 0.5) is 0 Å². The first-order valence-corrected chi connectivity index (χ1v) is 7.74. The van der Waals surface area contributed by atoms with E-state index in [1.54, 1.807) is 4.57 Å². The van der Waals surface area contributed by atoms with Gasteiger partial charge in [-0.05, 0) is 18.4 Å². The van der Waals surface area contributed by atoms with Crippen LogP contribution in [0, 0.1) is 0 Å². The molecule has 5 heteroatoms. The van der Waals surface area contributed by atoms with Crippen LogP contribution in [0.5, 0.6) is 5.75 Å². The SMILES string of the molecule is O=C(O)c1cn(CC2(c3ccccc3)CCCC2)cc(O)c1=O. The molecule has 0 spiro atoms. The van der Waals surface area contributed by atoms with E-state index >= 15 is 0 Å². The summed E-state index contributed by atoms with van der Waals surface area (Å²) in [6, 6.07) is 10.2. The van der Waals surface area contributed by atoms with Crippen LogP contribution < -0.4 is 5.43 Å². The van der Waals surface area contributed by atoms with Crippen LogP contribution in [0.2, 0.25) is 0 Å². The number of nitrogens with zero attached hydrogens (tertiary/aromatic N) is 1. The van der Waals surface area contributed by atoms with Crippen LogP contribution >= 0.6 is 0 Å². The molecule has 0 amide bonds. The van der Waals surface area contributed by atoms with Crippen LogP contribution in [0.1, 0.15) is 41.6 Å². The molecular formula is C18H19NO4. The molecule has 1 aromatic heterocycles. The zero-order valence-corrected chi connectivity index (χ0v) is 12.7. The van der Waals surface area contributed by atoms with Gasteiger partial charge in [0.15, 0.2) is 5.75 Å². The predicted octanol–water partition coefficient (Wildman–Crippen LogP) is 2.76. The summed E-state index contributed by atoms with van der Waals surface area (Å²) in [6.45, 7) is 0.547. The molecule has 1 aliphatic rings. The Balaban J connectivity index is 2.02. The fraction of sp³-hybridized carbons (Fsp3) is 0.333. The van der Waals surface area contributed by atoms with Crippen molar-refractivity contribution >= 4 is 5.97 Å². The smallest absolute Gasteiger partial charge is 0.341 e. The molecule has 23 heavy (non-hydrogen) atoms. The van der Waals surface area contributed by atoms with Gasteiger partial charge in [0.1, 0.15) is 5.56 Å². The Kier molecular flexibility index (Phi) is 3.94. The van der Waals surface area contributed by atoms with Gasteiger partial charge in [0, 0.05) is 24.4 Å². The summed E-state index contributed by atoms with van der Waals surface area (Å²) < 4.78 is 1.64. The summed E-state index contributed by atoms with van der Waals surface area (Å²) in [5.41, 5.74) is -0.105. The number of hydrogen-bond acceptors (Lipinski definition) is 3. The second-order valence-corrected chi connectivity index (χ2v) is 6.22. The highest BCUT2D eigenvalue weighted by atomic mass is 16.4. The number of carboxylic acids is 1. The van der Waals surface area contributed by atoms with Crippen LogP contribution in [0.15, 0.2) is 47.5 Å². The van der Waals surface area contributed by atoms with Crippen molar-refractivity contribution in [1.82, 2.24) is 4.57 Å². The second kappa shape index (κ2) is 5.91.